The van der Waals surface area contributed by atoms with Crippen molar-refractivity contribution in [1.29, 1.82) is 0 Å². The summed E-state index contributed by atoms with van der Waals surface area (Å²) in [4.78, 5) is 16.2. The Balaban J connectivity index is 1.57. The van der Waals surface area contributed by atoms with E-state index in [4.69, 9.17) is 4.74 Å². The molecule has 4 heterocycles. The van der Waals surface area contributed by atoms with Crippen LogP contribution >= 0.6 is 11.8 Å². The second kappa shape index (κ2) is 9.88. The number of rotatable bonds is 9. The molecule has 2 saturated heterocycles. The first-order chi connectivity index (χ1) is 14.2. The molecule has 5 nitrogen and oxygen atoms in total. The van der Waals surface area contributed by atoms with Crippen molar-refractivity contribution in [1.82, 2.24) is 10.2 Å². The summed E-state index contributed by atoms with van der Waals surface area (Å²) in [5.41, 5.74) is 3.18. The molecule has 4 aliphatic rings. The average Bonchev–Trinajstić information content (AvgIpc) is 3.10. The second-order valence-electron chi connectivity index (χ2n) is 8.88. The molecule has 2 bridgehead atoms. The van der Waals surface area contributed by atoms with Crippen LogP contribution in [0.2, 0.25) is 0 Å². The van der Waals surface area contributed by atoms with Gasteiger partial charge in [0.2, 0.25) is 0 Å². The van der Waals surface area contributed by atoms with Gasteiger partial charge < -0.3 is 14.7 Å². The van der Waals surface area contributed by atoms with Gasteiger partial charge in [-0.2, -0.15) is 0 Å². The van der Waals surface area contributed by atoms with Crippen LogP contribution in [0.4, 0.5) is 0 Å². The fourth-order valence-electron chi connectivity index (χ4n) is 5.29. The summed E-state index contributed by atoms with van der Waals surface area (Å²) in [6.07, 6.45) is 12.9. The molecule has 0 radical (unpaired) electrons. The Hall–Kier alpha value is -0.980. The van der Waals surface area contributed by atoms with Crippen molar-refractivity contribution in [2.75, 3.05) is 19.7 Å². The van der Waals surface area contributed by atoms with E-state index in [-0.39, 0.29) is 11.6 Å². The van der Waals surface area contributed by atoms with Crippen molar-refractivity contribution >= 4 is 17.7 Å². The van der Waals surface area contributed by atoms with E-state index in [2.05, 4.69) is 17.1 Å². The minimum atomic E-state index is -0.753. The van der Waals surface area contributed by atoms with E-state index >= 15 is 0 Å². The highest BCUT2D eigenvalue weighted by Gasteiger charge is 2.44. The maximum absolute atomic E-state index is 12.3. The van der Waals surface area contributed by atoms with Crippen LogP contribution in [0.25, 0.3) is 0 Å². The number of unbranched alkanes of at least 4 members (excludes halogenated alkanes) is 4. The Morgan fingerprint density at radius 1 is 1.21 bits per heavy atom. The van der Waals surface area contributed by atoms with E-state index in [9.17, 15) is 9.90 Å². The molecule has 29 heavy (non-hydrogen) atoms. The van der Waals surface area contributed by atoms with Crippen LogP contribution in [0.3, 0.4) is 0 Å². The van der Waals surface area contributed by atoms with E-state index in [0.29, 0.717) is 11.5 Å². The molecule has 6 heteroatoms. The molecule has 2 fully saturated rings. The highest BCUT2D eigenvalue weighted by atomic mass is 32.2. The third kappa shape index (κ3) is 4.70. The fraction of sp³-hybridized carbons (Fsp3) is 0.783. The van der Waals surface area contributed by atoms with Gasteiger partial charge in [-0.3, -0.25) is 5.32 Å². The SMILES string of the molecule is CCCCCCCC1=C2SC(NC3CCCCO3)C(C(=O)O)=C2C2CCCN1C2. The molecule has 4 rings (SSSR count). The summed E-state index contributed by atoms with van der Waals surface area (Å²) in [6.45, 7) is 5.16. The molecular weight excluding hydrogens is 384 g/mol. The molecule has 0 aliphatic carbocycles. The molecule has 2 N–H and O–H groups in total. The van der Waals surface area contributed by atoms with Crippen LogP contribution in [0, 0.1) is 5.92 Å². The fourth-order valence-corrected chi connectivity index (χ4v) is 6.86. The van der Waals surface area contributed by atoms with Crippen LogP contribution in [0.1, 0.15) is 77.6 Å². The number of piperidine rings is 1. The van der Waals surface area contributed by atoms with Gasteiger partial charge in [0.25, 0.3) is 0 Å². The summed E-state index contributed by atoms with van der Waals surface area (Å²) >= 11 is 1.75. The maximum Gasteiger partial charge on any atom is 0.334 e. The Labute approximate surface area is 179 Å². The third-order valence-corrected chi connectivity index (χ3v) is 8.07. The van der Waals surface area contributed by atoms with Gasteiger partial charge in [0.15, 0.2) is 0 Å². The van der Waals surface area contributed by atoms with Gasteiger partial charge in [0.1, 0.15) is 6.23 Å². The summed E-state index contributed by atoms with van der Waals surface area (Å²) in [5.74, 6) is -0.377. The quantitative estimate of drug-likeness (QED) is 0.520. The molecule has 0 aromatic heterocycles. The average molecular weight is 421 g/mol. The van der Waals surface area contributed by atoms with Gasteiger partial charge in [-0.05, 0) is 50.5 Å². The van der Waals surface area contributed by atoms with Gasteiger partial charge in [0, 0.05) is 36.2 Å². The van der Waals surface area contributed by atoms with Gasteiger partial charge in [-0.25, -0.2) is 4.79 Å². The second-order valence-corrected chi connectivity index (χ2v) is 9.99. The molecule has 0 aromatic carbocycles. The number of nitrogens with one attached hydrogen (secondary N) is 1. The Morgan fingerprint density at radius 3 is 2.83 bits per heavy atom. The number of fused-ring (bicyclic) bond motifs is 4. The zero-order valence-electron chi connectivity index (χ0n) is 17.8. The topological polar surface area (TPSA) is 61.8 Å². The minimum absolute atomic E-state index is 0.0193. The molecule has 0 aromatic rings. The lowest BCUT2D eigenvalue weighted by Gasteiger charge is -2.42. The number of carboxylic acids is 1. The summed E-state index contributed by atoms with van der Waals surface area (Å²) in [6, 6.07) is 0. The highest BCUT2D eigenvalue weighted by Crippen LogP contribution is 2.52. The minimum Gasteiger partial charge on any atom is -0.478 e. The van der Waals surface area contributed by atoms with Crippen LogP contribution < -0.4 is 5.32 Å². The molecule has 3 unspecified atom stereocenters. The number of aliphatic carboxylic acids is 1. The van der Waals surface area contributed by atoms with Crippen LogP contribution in [-0.2, 0) is 9.53 Å². The largest absolute Gasteiger partial charge is 0.478 e. The first-order valence-corrected chi connectivity index (χ1v) is 12.6. The predicted molar refractivity (Wildman–Crippen MR) is 117 cm³/mol. The van der Waals surface area contributed by atoms with Gasteiger partial charge in [0.05, 0.1) is 10.9 Å². The van der Waals surface area contributed by atoms with Crippen LogP contribution in [0.15, 0.2) is 21.7 Å². The van der Waals surface area contributed by atoms with Crippen molar-refractivity contribution in [3.8, 4) is 0 Å². The normalized spacial score (nSPS) is 29.4. The first-order valence-electron chi connectivity index (χ1n) is 11.7. The number of hydrogen-bond acceptors (Lipinski definition) is 5. The van der Waals surface area contributed by atoms with E-state index in [1.54, 1.807) is 11.8 Å². The first kappa shape index (κ1) is 21.3. The van der Waals surface area contributed by atoms with E-state index < -0.39 is 5.97 Å². The van der Waals surface area contributed by atoms with Crippen molar-refractivity contribution in [3.63, 3.8) is 0 Å². The Morgan fingerprint density at radius 2 is 2.07 bits per heavy atom. The number of carbonyl (C=O) groups is 1. The number of ether oxygens (including phenoxy) is 1. The van der Waals surface area contributed by atoms with Crippen LogP contribution in [0.5, 0.6) is 0 Å². The zero-order chi connectivity index (χ0) is 20.2. The number of nitrogens with zero attached hydrogens (tertiary/aromatic N) is 1. The number of allylic oxidation sites excluding steroid dienone is 2. The molecule has 3 atom stereocenters. The van der Waals surface area contributed by atoms with Crippen molar-refractivity contribution in [3.05, 3.63) is 21.7 Å². The lowest BCUT2D eigenvalue weighted by atomic mass is 9.82. The number of thioether (sulfide) groups is 1. The van der Waals surface area contributed by atoms with E-state index in [0.717, 1.165) is 57.4 Å². The summed E-state index contributed by atoms with van der Waals surface area (Å²) in [7, 11) is 0. The summed E-state index contributed by atoms with van der Waals surface area (Å²) in [5, 5.41) is 13.5. The molecule has 0 amide bonds. The molecular formula is C23H36N2O3S. The Bertz CT molecular complexity index is 669. The monoisotopic (exact) mass is 420 g/mol. The maximum atomic E-state index is 12.3. The molecule has 0 spiro atoms. The third-order valence-electron chi connectivity index (χ3n) is 6.77. The lowest BCUT2D eigenvalue weighted by molar-refractivity contribution is -0.133. The number of hydrogen-bond donors (Lipinski definition) is 2. The molecule has 162 valence electrons. The summed E-state index contributed by atoms with van der Waals surface area (Å²) < 4.78 is 5.87. The van der Waals surface area contributed by atoms with Crippen molar-refractivity contribution in [2.45, 2.75) is 89.2 Å². The van der Waals surface area contributed by atoms with E-state index in [1.807, 2.05) is 0 Å². The smallest absolute Gasteiger partial charge is 0.334 e. The highest BCUT2D eigenvalue weighted by molar-refractivity contribution is 8.04. The van der Waals surface area contributed by atoms with Gasteiger partial charge in [-0.1, -0.05) is 44.4 Å². The lowest BCUT2D eigenvalue weighted by Crippen LogP contribution is -2.42. The van der Waals surface area contributed by atoms with Gasteiger partial charge >= 0.3 is 5.97 Å². The molecule has 0 saturated carbocycles. The number of carboxylic acid groups (broad SMARTS) is 1. The molecule has 4 aliphatic heterocycles. The van der Waals surface area contributed by atoms with Crippen LogP contribution in [-0.4, -0.2) is 47.3 Å². The van der Waals surface area contributed by atoms with Crippen molar-refractivity contribution < 1.29 is 14.6 Å². The standard InChI is InChI=1S/C23H36N2O3S/c1-2-3-4-5-6-11-17-21-19(16-10-9-13-25(17)15-16)20(23(26)27)22(29-21)24-18-12-7-8-14-28-18/h16,18,22,24H,2-15H2,1H3,(H,26,27). The van der Waals surface area contributed by atoms with Gasteiger partial charge in [-0.15, -0.1) is 0 Å². The predicted octanol–water partition coefficient (Wildman–Crippen LogP) is 4.85. The van der Waals surface area contributed by atoms with E-state index in [1.165, 1.54) is 49.1 Å². The van der Waals surface area contributed by atoms with Crippen molar-refractivity contribution in [2.24, 2.45) is 5.92 Å². The zero-order valence-corrected chi connectivity index (χ0v) is 18.6. The Kier molecular flexibility index (Phi) is 7.25.